The molecule has 0 unspecified atom stereocenters. The molecule has 0 aromatic heterocycles. The molecule has 0 saturated heterocycles. The molecule has 1 rings (SSSR count). The topological polar surface area (TPSA) is 29.5 Å². The number of carbonyl (C=O) groups is 1. The lowest BCUT2D eigenvalue weighted by Crippen LogP contribution is -2.30. The fourth-order valence-corrected chi connectivity index (χ4v) is 2.23. The van der Waals surface area contributed by atoms with E-state index in [1.807, 2.05) is 0 Å². The van der Waals surface area contributed by atoms with E-state index >= 15 is 0 Å². The van der Waals surface area contributed by atoms with Crippen LogP contribution in [0.2, 0.25) is 0 Å². The standard InChI is InChI=1S/C13H14F5NO2S/c1-13(2,3)21-6(20)5-19(4)22-12-10(17)8(15)7(14)9(16)11(12)18/h5H2,1-4H3. The first-order valence-corrected chi connectivity index (χ1v) is 6.83. The van der Waals surface area contributed by atoms with Crippen molar-refractivity contribution in [3.8, 4) is 0 Å². The summed E-state index contributed by atoms with van der Waals surface area (Å²) in [4.78, 5) is 10.5. The van der Waals surface area contributed by atoms with Crippen molar-refractivity contribution < 1.29 is 31.5 Å². The average molecular weight is 343 g/mol. The molecule has 0 amide bonds. The van der Waals surface area contributed by atoms with Gasteiger partial charge in [0.15, 0.2) is 23.3 Å². The molecule has 1 aromatic carbocycles. The van der Waals surface area contributed by atoms with Crippen molar-refractivity contribution >= 4 is 17.9 Å². The van der Waals surface area contributed by atoms with Crippen molar-refractivity contribution in [3.63, 3.8) is 0 Å². The molecule has 1 aromatic rings. The van der Waals surface area contributed by atoms with Gasteiger partial charge in [-0.1, -0.05) is 0 Å². The Hall–Kier alpha value is -1.35. The summed E-state index contributed by atoms with van der Waals surface area (Å²) in [5.41, 5.74) is -0.757. The van der Waals surface area contributed by atoms with Crippen LogP contribution in [-0.2, 0) is 9.53 Å². The van der Waals surface area contributed by atoms with Crippen LogP contribution in [0.1, 0.15) is 20.8 Å². The molecule has 0 radical (unpaired) electrons. The Labute approximate surface area is 128 Å². The molecule has 0 N–H and O–H groups in total. The van der Waals surface area contributed by atoms with Gasteiger partial charge < -0.3 is 4.74 Å². The lowest BCUT2D eigenvalue weighted by molar-refractivity contribution is -0.154. The van der Waals surface area contributed by atoms with Crippen molar-refractivity contribution in [2.45, 2.75) is 31.3 Å². The van der Waals surface area contributed by atoms with E-state index in [4.69, 9.17) is 4.74 Å². The summed E-state index contributed by atoms with van der Waals surface area (Å²) in [6, 6.07) is 0. The molecule has 3 nitrogen and oxygen atoms in total. The number of halogens is 5. The molecule has 0 aliphatic carbocycles. The lowest BCUT2D eigenvalue weighted by atomic mass is 10.2. The molecule has 0 spiro atoms. The van der Waals surface area contributed by atoms with Gasteiger partial charge in [0, 0.05) is 0 Å². The number of carbonyl (C=O) groups excluding carboxylic acids is 1. The first kappa shape index (κ1) is 18.7. The molecule has 0 aliphatic rings. The number of nitrogens with zero attached hydrogens (tertiary/aromatic N) is 1. The third kappa shape index (κ3) is 4.57. The van der Waals surface area contributed by atoms with E-state index in [0.29, 0.717) is 0 Å². The molecule has 9 heteroatoms. The van der Waals surface area contributed by atoms with Crippen molar-refractivity contribution in [2.75, 3.05) is 13.6 Å². The fraction of sp³-hybridized carbons (Fsp3) is 0.462. The van der Waals surface area contributed by atoms with Gasteiger partial charge in [0.2, 0.25) is 5.82 Å². The van der Waals surface area contributed by atoms with Crippen LogP contribution in [0.15, 0.2) is 4.90 Å². The zero-order valence-electron chi connectivity index (χ0n) is 12.3. The van der Waals surface area contributed by atoms with E-state index in [1.165, 1.54) is 7.05 Å². The Balaban J connectivity index is 2.90. The van der Waals surface area contributed by atoms with E-state index in [-0.39, 0.29) is 11.9 Å². The fourth-order valence-electron chi connectivity index (χ4n) is 1.41. The number of hydrogen-bond acceptors (Lipinski definition) is 4. The largest absolute Gasteiger partial charge is 0.459 e. The zero-order valence-corrected chi connectivity index (χ0v) is 13.1. The number of esters is 1. The summed E-state index contributed by atoms with van der Waals surface area (Å²) < 4.78 is 72.0. The monoisotopic (exact) mass is 343 g/mol. The molecular formula is C13H14F5NO2S. The second kappa shape index (κ2) is 6.82. The maximum atomic E-state index is 13.5. The van der Waals surface area contributed by atoms with Crippen LogP contribution in [0.4, 0.5) is 22.0 Å². The van der Waals surface area contributed by atoms with E-state index in [2.05, 4.69) is 0 Å². The van der Waals surface area contributed by atoms with Gasteiger partial charge in [-0.05, 0) is 39.8 Å². The molecule has 0 heterocycles. The number of likely N-dealkylation sites (N-methyl/N-ethyl adjacent to an activating group) is 1. The molecule has 0 bridgehead atoms. The molecule has 22 heavy (non-hydrogen) atoms. The lowest BCUT2D eigenvalue weighted by Gasteiger charge is -2.22. The first-order chi connectivity index (χ1) is 9.94. The van der Waals surface area contributed by atoms with Crippen LogP contribution in [0, 0.1) is 29.1 Å². The molecule has 0 atom stereocenters. The van der Waals surface area contributed by atoms with Gasteiger partial charge in [-0.2, -0.15) is 0 Å². The summed E-state index contributed by atoms with van der Waals surface area (Å²) in [6.45, 7) is 4.48. The maximum absolute atomic E-state index is 13.5. The van der Waals surface area contributed by atoms with E-state index < -0.39 is 52.1 Å². The minimum absolute atomic E-state index is 0.224. The van der Waals surface area contributed by atoms with Crippen LogP contribution in [0.25, 0.3) is 0 Å². The van der Waals surface area contributed by atoms with Crippen molar-refractivity contribution in [2.24, 2.45) is 0 Å². The smallest absolute Gasteiger partial charge is 0.321 e. The second-order valence-electron chi connectivity index (χ2n) is 5.36. The van der Waals surface area contributed by atoms with Gasteiger partial charge in [-0.3, -0.25) is 4.79 Å². The zero-order chi connectivity index (χ0) is 17.2. The van der Waals surface area contributed by atoms with E-state index in [9.17, 15) is 26.7 Å². The number of ether oxygens (including phenoxy) is 1. The van der Waals surface area contributed by atoms with Crippen LogP contribution in [-0.4, -0.2) is 29.5 Å². The summed E-state index contributed by atoms with van der Waals surface area (Å²) in [5.74, 6) is -10.9. The van der Waals surface area contributed by atoms with Crippen molar-refractivity contribution in [1.29, 1.82) is 0 Å². The number of hydrogen-bond donors (Lipinski definition) is 0. The van der Waals surface area contributed by atoms with Crippen LogP contribution in [0.3, 0.4) is 0 Å². The number of rotatable bonds is 4. The third-order valence-corrected chi connectivity index (χ3v) is 3.17. The van der Waals surface area contributed by atoms with Crippen molar-refractivity contribution in [3.05, 3.63) is 29.1 Å². The van der Waals surface area contributed by atoms with Gasteiger partial charge in [-0.15, -0.1) is 0 Å². The highest BCUT2D eigenvalue weighted by molar-refractivity contribution is 7.97. The Bertz CT molecular complexity index is 560. The Morgan fingerprint density at radius 2 is 1.41 bits per heavy atom. The highest BCUT2D eigenvalue weighted by Crippen LogP contribution is 2.32. The molecule has 0 fully saturated rings. The predicted octanol–water partition coefficient (Wildman–Crippen LogP) is 3.66. The Morgan fingerprint density at radius 1 is 1.00 bits per heavy atom. The molecular weight excluding hydrogens is 329 g/mol. The molecule has 0 saturated carbocycles. The van der Waals surface area contributed by atoms with Crippen LogP contribution >= 0.6 is 11.9 Å². The first-order valence-electron chi connectivity index (χ1n) is 6.06. The highest BCUT2D eigenvalue weighted by Gasteiger charge is 2.27. The molecule has 0 aliphatic heterocycles. The highest BCUT2D eigenvalue weighted by atomic mass is 32.2. The average Bonchev–Trinajstić information content (AvgIpc) is 2.37. The van der Waals surface area contributed by atoms with Gasteiger partial charge in [0.05, 0.1) is 0 Å². The van der Waals surface area contributed by atoms with Gasteiger partial charge in [0.1, 0.15) is 17.0 Å². The SMILES string of the molecule is CN(CC(=O)OC(C)(C)C)Sc1c(F)c(F)c(F)c(F)c1F. The van der Waals surface area contributed by atoms with E-state index in [1.54, 1.807) is 20.8 Å². The summed E-state index contributed by atoms with van der Waals surface area (Å²) in [7, 11) is 1.26. The minimum atomic E-state index is -2.23. The van der Waals surface area contributed by atoms with Crippen molar-refractivity contribution in [1.82, 2.24) is 4.31 Å². The van der Waals surface area contributed by atoms with Gasteiger partial charge in [0.25, 0.3) is 0 Å². The summed E-state index contributed by atoms with van der Waals surface area (Å²) in [5, 5.41) is 0. The van der Waals surface area contributed by atoms with Gasteiger partial charge >= 0.3 is 5.97 Å². The Morgan fingerprint density at radius 3 is 1.82 bits per heavy atom. The summed E-state index contributed by atoms with van der Waals surface area (Å²) in [6.07, 6.45) is 0. The third-order valence-electron chi connectivity index (χ3n) is 2.19. The minimum Gasteiger partial charge on any atom is -0.459 e. The quantitative estimate of drug-likeness (QED) is 0.274. The predicted molar refractivity (Wildman–Crippen MR) is 70.6 cm³/mol. The molecule has 124 valence electrons. The van der Waals surface area contributed by atoms with Crippen LogP contribution in [0.5, 0.6) is 0 Å². The normalized spacial score (nSPS) is 11.9. The number of benzene rings is 1. The Kier molecular flexibility index (Phi) is 5.80. The van der Waals surface area contributed by atoms with Gasteiger partial charge in [-0.25, -0.2) is 26.3 Å². The maximum Gasteiger partial charge on any atom is 0.321 e. The van der Waals surface area contributed by atoms with E-state index in [0.717, 1.165) is 4.31 Å². The summed E-state index contributed by atoms with van der Waals surface area (Å²) >= 11 is 0.224. The van der Waals surface area contributed by atoms with Crippen LogP contribution < -0.4 is 0 Å². The second-order valence-corrected chi connectivity index (χ2v) is 6.58.